The number of carbonyl (C=O) groups is 1. The lowest BCUT2D eigenvalue weighted by Gasteiger charge is -2.28. The van der Waals surface area contributed by atoms with Crippen molar-refractivity contribution in [3.63, 3.8) is 0 Å². The molecule has 1 fully saturated rings. The first-order valence-corrected chi connectivity index (χ1v) is 11.5. The molecule has 2 aromatic rings. The number of methoxy groups -OCH3 is 1. The highest BCUT2D eigenvalue weighted by Gasteiger charge is 2.34. The summed E-state index contributed by atoms with van der Waals surface area (Å²) in [5.74, 6) is 1.12. The van der Waals surface area contributed by atoms with Crippen LogP contribution in [0.1, 0.15) is 17.5 Å². The standard InChI is InChI=1S/C21H24ClNO5S/c1-15-11-17(22)5-8-20(15)28-13-21(24)23(18-9-10-29(25,26)14-18)12-16-3-6-19(27-2)7-4-16/h3-8,11,18H,9-10,12-14H2,1-2H3/t18-/m0/s1. The molecule has 6 nitrogen and oxygen atoms in total. The van der Waals surface area contributed by atoms with Crippen LogP contribution in [0, 0.1) is 6.92 Å². The summed E-state index contributed by atoms with van der Waals surface area (Å²) >= 11 is 5.96. The van der Waals surface area contributed by atoms with E-state index in [0.29, 0.717) is 23.7 Å². The molecule has 29 heavy (non-hydrogen) atoms. The minimum atomic E-state index is -3.12. The molecule has 0 bridgehead atoms. The van der Waals surface area contributed by atoms with Crippen molar-refractivity contribution < 1.29 is 22.7 Å². The van der Waals surface area contributed by atoms with Crippen LogP contribution >= 0.6 is 11.6 Å². The Bertz CT molecular complexity index is 975. The zero-order chi connectivity index (χ0) is 21.0. The predicted octanol–water partition coefficient (Wildman–Crippen LogP) is 3.25. The number of amides is 1. The third-order valence-electron chi connectivity index (χ3n) is 4.97. The molecule has 1 atom stereocenters. The number of hydrogen-bond acceptors (Lipinski definition) is 5. The van der Waals surface area contributed by atoms with Crippen LogP contribution in [-0.2, 0) is 21.2 Å². The summed E-state index contributed by atoms with van der Waals surface area (Å²) in [6.07, 6.45) is 0.435. The molecule has 0 unspecified atom stereocenters. The van der Waals surface area contributed by atoms with Crippen LogP contribution in [0.2, 0.25) is 5.02 Å². The Hall–Kier alpha value is -2.25. The van der Waals surface area contributed by atoms with Gasteiger partial charge in [-0.15, -0.1) is 0 Å². The summed E-state index contributed by atoms with van der Waals surface area (Å²) in [7, 11) is -1.54. The van der Waals surface area contributed by atoms with E-state index in [1.54, 1.807) is 30.2 Å². The van der Waals surface area contributed by atoms with Gasteiger partial charge in [0.25, 0.3) is 5.91 Å². The van der Waals surface area contributed by atoms with E-state index >= 15 is 0 Å². The summed E-state index contributed by atoms with van der Waals surface area (Å²) < 4.78 is 34.8. The van der Waals surface area contributed by atoms with Gasteiger partial charge in [0.15, 0.2) is 16.4 Å². The van der Waals surface area contributed by atoms with Crippen LogP contribution in [0.3, 0.4) is 0 Å². The molecule has 0 aromatic heterocycles. The normalized spacial score (nSPS) is 17.7. The van der Waals surface area contributed by atoms with Gasteiger partial charge in [-0.3, -0.25) is 4.79 Å². The fourth-order valence-electron chi connectivity index (χ4n) is 3.37. The van der Waals surface area contributed by atoms with Gasteiger partial charge in [0.1, 0.15) is 11.5 Å². The Labute approximate surface area is 176 Å². The highest BCUT2D eigenvalue weighted by atomic mass is 35.5. The number of benzene rings is 2. The van der Waals surface area contributed by atoms with E-state index in [9.17, 15) is 13.2 Å². The van der Waals surface area contributed by atoms with Crippen molar-refractivity contribution >= 4 is 27.3 Å². The molecule has 2 aromatic carbocycles. The highest BCUT2D eigenvalue weighted by Crippen LogP contribution is 2.24. The monoisotopic (exact) mass is 437 g/mol. The zero-order valence-electron chi connectivity index (χ0n) is 16.4. The molecular weight excluding hydrogens is 414 g/mol. The van der Waals surface area contributed by atoms with E-state index in [2.05, 4.69) is 0 Å². The summed E-state index contributed by atoms with van der Waals surface area (Å²) in [6.45, 7) is 1.99. The number of hydrogen-bond donors (Lipinski definition) is 0. The first kappa shape index (κ1) is 21.5. The average molecular weight is 438 g/mol. The van der Waals surface area contributed by atoms with E-state index in [1.165, 1.54) is 0 Å². The van der Waals surface area contributed by atoms with Gasteiger partial charge in [-0.05, 0) is 54.8 Å². The predicted molar refractivity (Wildman–Crippen MR) is 112 cm³/mol. The number of aryl methyl sites for hydroxylation is 1. The molecule has 0 saturated carbocycles. The Morgan fingerprint density at radius 3 is 2.52 bits per heavy atom. The molecule has 8 heteroatoms. The number of carbonyl (C=O) groups excluding carboxylic acids is 1. The first-order chi connectivity index (χ1) is 13.8. The fraction of sp³-hybridized carbons (Fsp3) is 0.381. The van der Waals surface area contributed by atoms with Gasteiger partial charge in [0.2, 0.25) is 0 Å². The molecule has 1 aliphatic heterocycles. The zero-order valence-corrected chi connectivity index (χ0v) is 18.0. The smallest absolute Gasteiger partial charge is 0.261 e. The Balaban J connectivity index is 1.75. The van der Waals surface area contributed by atoms with Gasteiger partial charge in [-0.2, -0.15) is 0 Å². The van der Waals surface area contributed by atoms with E-state index in [-0.39, 0.29) is 30.1 Å². The number of halogens is 1. The van der Waals surface area contributed by atoms with Crippen molar-refractivity contribution in [2.75, 3.05) is 25.2 Å². The van der Waals surface area contributed by atoms with Gasteiger partial charge in [-0.25, -0.2) is 8.42 Å². The van der Waals surface area contributed by atoms with E-state index in [0.717, 1.165) is 16.9 Å². The minimum absolute atomic E-state index is 0.0190. The van der Waals surface area contributed by atoms with Crippen molar-refractivity contribution in [1.82, 2.24) is 4.90 Å². The Kier molecular flexibility index (Phi) is 6.70. The molecule has 0 N–H and O–H groups in total. The highest BCUT2D eigenvalue weighted by molar-refractivity contribution is 7.91. The number of ether oxygens (including phenoxy) is 2. The van der Waals surface area contributed by atoms with Crippen LogP contribution in [0.15, 0.2) is 42.5 Å². The Morgan fingerprint density at radius 2 is 1.93 bits per heavy atom. The van der Waals surface area contributed by atoms with Gasteiger partial charge in [0, 0.05) is 17.6 Å². The number of sulfone groups is 1. The first-order valence-electron chi connectivity index (χ1n) is 9.29. The minimum Gasteiger partial charge on any atom is -0.497 e. The molecule has 0 spiro atoms. The third-order valence-corrected chi connectivity index (χ3v) is 6.96. The SMILES string of the molecule is COc1ccc(CN(C(=O)COc2ccc(Cl)cc2C)[C@H]2CCS(=O)(=O)C2)cc1. The van der Waals surface area contributed by atoms with E-state index in [4.69, 9.17) is 21.1 Å². The van der Waals surface area contributed by atoms with Crippen molar-refractivity contribution in [3.05, 3.63) is 58.6 Å². The fourth-order valence-corrected chi connectivity index (χ4v) is 5.32. The van der Waals surface area contributed by atoms with Gasteiger partial charge < -0.3 is 14.4 Å². The maximum Gasteiger partial charge on any atom is 0.261 e. The van der Waals surface area contributed by atoms with Crippen LogP contribution < -0.4 is 9.47 Å². The van der Waals surface area contributed by atoms with Crippen LogP contribution in [0.25, 0.3) is 0 Å². The molecule has 3 rings (SSSR count). The third kappa shape index (κ3) is 5.64. The van der Waals surface area contributed by atoms with Crippen molar-refractivity contribution in [2.45, 2.75) is 25.9 Å². The molecule has 1 saturated heterocycles. The van der Waals surface area contributed by atoms with Crippen LogP contribution in [0.4, 0.5) is 0 Å². The molecule has 1 amide bonds. The molecule has 0 aliphatic carbocycles. The molecule has 1 heterocycles. The molecule has 0 radical (unpaired) electrons. The van der Waals surface area contributed by atoms with Crippen molar-refractivity contribution in [2.24, 2.45) is 0 Å². The Morgan fingerprint density at radius 1 is 1.21 bits per heavy atom. The largest absolute Gasteiger partial charge is 0.497 e. The number of rotatable bonds is 7. The summed E-state index contributed by atoms with van der Waals surface area (Å²) in [5, 5.41) is 0.596. The second kappa shape index (κ2) is 9.05. The van der Waals surface area contributed by atoms with E-state index < -0.39 is 9.84 Å². The summed E-state index contributed by atoms with van der Waals surface area (Å²) in [4.78, 5) is 14.6. The lowest BCUT2D eigenvalue weighted by atomic mass is 10.1. The quantitative estimate of drug-likeness (QED) is 0.664. The average Bonchev–Trinajstić information content (AvgIpc) is 3.05. The maximum atomic E-state index is 13.0. The van der Waals surface area contributed by atoms with Crippen LogP contribution in [0.5, 0.6) is 11.5 Å². The maximum absolute atomic E-state index is 13.0. The van der Waals surface area contributed by atoms with Gasteiger partial charge in [-0.1, -0.05) is 23.7 Å². The lowest BCUT2D eigenvalue weighted by molar-refractivity contribution is -0.136. The summed E-state index contributed by atoms with van der Waals surface area (Å²) in [6, 6.07) is 12.2. The lowest BCUT2D eigenvalue weighted by Crippen LogP contribution is -2.43. The van der Waals surface area contributed by atoms with Gasteiger partial charge >= 0.3 is 0 Å². The second-order valence-electron chi connectivity index (χ2n) is 7.13. The van der Waals surface area contributed by atoms with Gasteiger partial charge in [0.05, 0.1) is 18.6 Å². The molecule has 156 valence electrons. The van der Waals surface area contributed by atoms with E-state index in [1.807, 2.05) is 31.2 Å². The van der Waals surface area contributed by atoms with Crippen molar-refractivity contribution in [3.8, 4) is 11.5 Å². The molecule has 1 aliphatic rings. The number of nitrogens with zero attached hydrogens (tertiary/aromatic N) is 1. The van der Waals surface area contributed by atoms with Crippen LogP contribution in [-0.4, -0.2) is 50.5 Å². The second-order valence-corrected chi connectivity index (χ2v) is 9.79. The molecular formula is C21H24ClNO5S. The van der Waals surface area contributed by atoms with Crippen molar-refractivity contribution in [1.29, 1.82) is 0 Å². The summed E-state index contributed by atoms with van der Waals surface area (Å²) in [5.41, 5.74) is 1.72. The topological polar surface area (TPSA) is 72.9 Å².